The molecule has 1 unspecified atom stereocenters. The maximum absolute atomic E-state index is 13.4. The Morgan fingerprint density at radius 3 is 2.92 bits per heavy atom. The third kappa shape index (κ3) is 2.68. The molecule has 122 valence electrons. The summed E-state index contributed by atoms with van der Waals surface area (Å²) in [7, 11) is 0. The van der Waals surface area contributed by atoms with Crippen LogP contribution in [0, 0.1) is 5.82 Å². The van der Waals surface area contributed by atoms with Crippen LogP contribution in [0.25, 0.3) is 0 Å². The lowest BCUT2D eigenvalue weighted by atomic mass is 9.85. The zero-order valence-electron chi connectivity index (χ0n) is 12.7. The van der Waals surface area contributed by atoms with Crippen molar-refractivity contribution in [3.8, 4) is 0 Å². The number of hydrogen-bond donors (Lipinski definition) is 1. The second kappa shape index (κ2) is 6.15. The van der Waals surface area contributed by atoms with Crippen LogP contribution < -0.4 is 5.32 Å². The van der Waals surface area contributed by atoms with Gasteiger partial charge in [-0.05, 0) is 36.4 Å². The molecule has 24 heavy (non-hydrogen) atoms. The van der Waals surface area contributed by atoms with Gasteiger partial charge in [0.15, 0.2) is 5.78 Å². The van der Waals surface area contributed by atoms with Crippen LogP contribution in [0.3, 0.4) is 0 Å². The lowest BCUT2D eigenvalue weighted by molar-refractivity contribution is -0.116. The third-order valence-corrected chi connectivity index (χ3v) is 5.47. The molecule has 4 rings (SSSR count). The standard InChI is InChI=1S/C18H14ClFN2OS/c19-12-9-10(20)6-7-11(12)17-16-13(3-1-4-14(16)23)21-18(22-17)15-5-2-8-24-15/h2,5-9,17H,1,3-4H2,(H,21,22). The van der Waals surface area contributed by atoms with Gasteiger partial charge in [-0.25, -0.2) is 4.39 Å². The predicted molar refractivity (Wildman–Crippen MR) is 94.0 cm³/mol. The van der Waals surface area contributed by atoms with Gasteiger partial charge in [0.1, 0.15) is 17.7 Å². The van der Waals surface area contributed by atoms with Gasteiger partial charge in [-0.1, -0.05) is 23.7 Å². The molecule has 0 bridgehead atoms. The maximum atomic E-state index is 13.4. The highest BCUT2D eigenvalue weighted by Crippen LogP contribution is 2.39. The Balaban J connectivity index is 1.86. The molecule has 1 atom stereocenters. The molecule has 3 nitrogen and oxygen atoms in total. The molecule has 0 saturated heterocycles. The number of nitrogens with zero attached hydrogens (tertiary/aromatic N) is 1. The Labute approximate surface area is 147 Å². The van der Waals surface area contributed by atoms with Crippen LogP contribution in [0.5, 0.6) is 0 Å². The smallest absolute Gasteiger partial charge is 0.163 e. The SMILES string of the molecule is O=C1CCCC2=C1C(c1ccc(F)cc1Cl)N=C(c1cccs1)N2. The summed E-state index contributed by atoms with van der Waals surface area (Å²) >= 11 is 7.83. The average molecular weight is 361 g/mol. The maximum Gasteiger partial charge on any atom is 0.163 e. The predicted octanol–water partition coefficient (Wildman–Crippen LogP) is 4.64. The number of aliphatic imine (C=N–C) groups is 1. The van der Waals surface area contributed by atoms with Gasteiger partial charge in [0.05, 0.1) is 4.88 Å². The van der Waals surface area contributed by atoms with Crippen molar-refractivity contribution in [3.63, 3.8) is 0 Å². The van der Waals surface area contributed by atoms with Crippen LogP contribution in [0.1, 0.15) is 35.7 Å². The number of allylic oxidation sites excluding steroid dienone is 1. The molecule has 0 radical (unpaired) electrons. The van der Waals surface area contributed by atoms with Crippen LogP contribution in [-0.2, 0) is 4.79 Å². The lowest BCUT2D eigenvalue weighted by Gasteiger charge is -2.30. The van der Waals surface area contributed by atoms with Crippen LogP contribution in [0.4, 0.5) is 4.39 Å². The molecule has 2 aliphatic rings. The summed E-state index contributed by atoms with van der Waals surface area (Å²) in [5.41, 5.74) is 2.24. The highest BCUT2D eigenvalue weighted by molar-refractivity contribution is 7.12. The summed E-state index contributed by atoms with van der Waals surface area (Å²) in [5, 5.41) is 5.60. The van der Waals surface area contributed by atoms with Gasteiger partial charge >= 0.3 is 0 Å². The minimum absolute atomic E-state index is 0.0862. The molecular formula is C18H14ClFN2OS. The number of amidine groups is 1. The molecule has 0 saturated carbocycles. The van der Waals surface area contributed by atoms with Gasteiger partial charge in [0.25, 0.3) is 0 Å². The summed E-state index contributed by atoms with van der Waals surface area (Å²) in [6.07, 6.45) is 2.15. The molecule has 1 aliphatic heterocycles. The summed E-state index contributed by atoms with van der Waals surface area (Å²) in [5.74, 6) is 0.427. The number of benzene rings is 1. The lowest BCUT2D eigenvalue weighted by Crippen LogP contribution is -2.34. The number of carbonyl (C=O) groups excluding carboxylic acids is 1. The van der Waals surface area contributed by atoms with E-state index in [1.165, 1.54) is 12.1 Å². The van der Waals surface area contributed by atoms with Crippen molar-refractivity contribution < 1.29 is 9.18 Å². The van der Waals surface area contributed by atoms with Crippen molar-refractivity contribution >= 4 is 34.6 Å². The quantitative estimate of drug-likeness (QED) is 0.847. The highest BCUT2D eigenvalue weighted by atomic mass is 35.5. The molecule has 1 aromatic carbocycles. The first-order valence-electron chi connectivity index (χ1n) is 7.73. The van der Waals surface area contributed by atoms with Gasteiger partial charge in [0, 0.05) is 28.3 Å². The minimum atomic E-state index is -0.487. The van der Waals surface area contributed by atoms with Crippen LogP contribution >= 0.6 is 22.9 Å². The fourth-order valence-electron chi connectivity index (χ4n) is 3.17. The number of ketones is 1. The van der Waals surface area contributed by atoms with E-state index in [1.54, 1.807) is 17.4 Å². The van der Waals surface area contributed by atoms with E-state index in [4.69, 9.17) is 16.6 Å². The third-order valence-electron chi connectivity index (χ3n) is 4.27. The summed E-state index contributed by atoms with van der Waals surface area (Å²) < 4.78 is 13.4. The van der Waals surface area contributed by atoms with Crippen molar-refractivity contribution in [3.05, 3.63) is 68.3 Å². The molecule has 0 spiro atoms. The molecule has 6 heteroatoms. The highest BCUT2D eigenvalue weighted by Gasteiger charge is 2.34. The van der Waals surface area contributed by atoms with Gasteiger partial charge < -0.3 is 5.32 Å². The number of hydrogen-bond acceptors (Lipinski definition) is 4. The molecule has 2 heterocycles. The van der Waals surface area contributed by atoms with Gasteiger partial charge in [0.2, 0.25) is 0 Å². The molecule has 1 aromatic heterocycles. The van der Waals surface area contributed by atoms with Gasteiger partial charge in [-0.15, -0.1) is 11.3 Å². The van der Waals surface area contributed by atoms with E-state index in [9.17, 15) is 9.18 Å². The minimum Gasteiger partial charge on any atom is -0.342 e. The number of Topliss-reactive ketones (excluding diaryl/α,β-unsaturated/α-hetero) is 1. The molecular weight excluding hydrogens is 347 g/mol. The number of nitrogens with one attached hydrogen (secondary N) is 1. The fourth-order valence-corrected chi connectivity index (χ4v) is 4.11. The first kappa shape index (κ1) is 15.5. The van der Waals surface area contributed by atoms with E-state index < -0.39 is 11.9 Å². The zero-order valence-corrected chi connectivity index (χ0v) is 14.3. The second-order valence-electron chi connectivity index (χ2n) is 5.82. The van der Waals surface area contributed by atoms with Crippen molar-refractivity contribution in [2.75, 3.05) is 0 Å². The number of carbonyl (C=O) groups is 1. The summed E-state index contributed by atoms with van der Waals surface area (Å²) in [6.45, 7) is 0. The fraction of sp³-hybridized carbons (Fsp3) is 0.222. The summed E-state index contributed by atoms with van der Waals surface area (Å²) in [6, 6.07) is 7.70. The van der Waals surface area contributed by atoms with E-state index in [0.29, 0.717) is 22.6 Å². The normalized spacial score (nSPS) is 20.5. The second-order valence-corrected chi connectivity index (χ2v) is 7.17. The topological polar surface area (TPSA) is 41.5 Å². The summed E-state index contributed by atoms with van der Waals surface area (Å²) in [4.78, 5) is 18.3. The number of rotatable bonds is 2. The van der Waals surface area contributed by atoms with E-state index >= 15 is 0 Å². The first-order valence-corrected chi connectivity index (χ1v) is 8.99. The Hall–Kier alpha value is -1.98. The average Bonchev–Trinajstić information content (AvgIpc) is 3.09. The van der Waals surface area contributed by atoms with E-state index in [1.807, 2.05) is 17.5 Å². The van der Waals surface area contributed by atoms with Crippen molar-refractivity contribution in [2.45, 2.75) is 25.3 Å². The van der Waals surface area contributed by atoms with E-state index in [0.717, 1.165) is 29.3 Å². The number of halogens is 2. The molecule has 1 aliphatic carbocycles. The van der Waals surface area contributed by atoms with E-state index in [2.05, 4.69) is 5.32 Å². The van der Waals surface area contributed by atoms with Crippen molar-refractivity contribution in [2.24, 2.45) is 4.99 Å². The Morgan fingerprint density at radius 2 is 2.17 bits per heavy atom. The first-order chi connectivity index (χ1) is 11.6. The molecule has 2 aromatic rings. The van der Waals surface area contributed by atoms with Crippen molar-refractivity contribution in [1.82, 2.24) is 5.32 Å². The molecule has 0 fully saturated rings. The largest absolute Gasteiger partial charge is 0.342 e. The van der Waals surface area contributed by atoms with Crippen LogP contribution in [0.15, 0.2) is 52.0 Å². The Kier molecular flexibility index (Phi) is 3.98. The van der Waals surface area contributed by atoms with Crippen molar-refractivity contribution in [1.29, 1.82) is 0 Å². The number of thiophene rings is 1. The van der Waals surface area contributed by atoms with Gasteiger partial charge in [-0.3, -0.25) is 9.79 Å². The molecule has 0 amide bonds. The Morgan fingerprint density at radius 1 is 1.29 bits per heavy atom. The van der Waals surface area contributed by atoms with Gasteiger partial charge in [-0.2, -0.15) is 0 Å². The monoisotopic (exact) mass is 360 g/mol. The van der Waals surface area contributed by atoms with Crippen LogP contribution in [0.2, 0.25) is 5.02 Å². The molecule has 1 N–H and O–H groups in total. The van der Waals surface area contributed by atoms with E-state index in [-0.39, 0.29) is 5.78 Å². The van der Waals surface area contributed by atoms with Crippen LogP contribution in [-0.4, -0.2) is 11.6 Å². The Bertz CT molecular complexity index is 873. The zero-order chi connectivity index (χ0) is 16.7.